The Balaban J connectivity index is 2.86. The maximum Gasteiger partial charge on any atom is 0.257 e. The van der Waals surface area contributed by atoms with Gasteiger partial charge >= 0.3 is 0 Å². The minimum absolute atomic E-state index is 0.109. The van der Waals surface area contributed by atoms with Crippen LogP contribution in [0.4, 0.5) is 14.5 Å². The average Bonchev–Trinajstić information content (AvgIpc) is 2.24. The second-order valence-electron chi connectivity index (χ2n) is 3.16. The van der Waals surface area contributed by atoms with Crippen molar-refractivity contribution in [2.75, 3.05) is 18.9 Å². The lowest BCUT2D eigenvalue weighted by molar-refractivity contribution is 0.0943. The molecule has 1 aromatic rings. The number of nitrogens with one attached hydrogen (secondary N) is 1. The second kappa shape index (κ2) is 5.41. The number of nitrogen functional groups attached to an aromatic ring is 1. The van der Waals surface area contributed by atoms with Crippen molar-refractivity contribution in [3.63, 3.8) is 0 Å². The molecule has 0 saturated heterocycles. The molecule has 0 aliphatic carbocycles. The Morgan fingerprint density at radius 1 is 1.44 bits per heavy atom. The summed E-state index contributed by atoms with van der Waals surface area (Å²) >= 11 is 0. The highest BCUT2D eigenvalue weighted by Gasteiger charge is 2.18. The molecule has 88 valence electrons. The van der Waals surface area contributed by atoms with E-state index in [1.165, 1.54) is 0 Å². The molecule has 1 aromatic carbocycles. The third-order valence-corrected chi connectivity index (χ3v) is 1.97. The van der Waals surface area contributed by atoms with Crippen LogP contribution in [0, 0.1) is 11.6 Å². The van der Waals surface area contributed by atoms with Crippen LogP contribution in [0.3, 0.4) is 0 Å². The number of aliphatic hydroxyl groups is 1. The molecule has 0 atom stereocenters. The lowest BCUT2D eigenvalue weighted by Gasteiger charge is -2.07. The number of amides is 1. The molecular weight excluding hydrogens is 218 g/mol. The van der Waals surface area contributed by atoms with Crippen LogP contribution in [0.25, 0.3) is 0 Å². The van der Waals surface area contributed by atoms with Gasteiger partial charge in [-0.25, -0.2) is 8.78 Å². The molecule has 0 radical (unpaired) electrons. The summed E-state index contributed by atoms with van der Waals surface area (Å²) in [4.78, 5) is 11.4. The van der Waals surface area contributed by atoms with Gasteiger partial charge in [-0.1, -0.05) is 0 Å². The van der Waals surface area contributed by atoms with Crippen molar-refractivity contribution in [1.29, 1.82) is 0 Å². The van der Waals surface area contributed by atoms with Crippen molar-refractivity contribution < 1.29 is 18.7 Å². The summed E-state index contributed by atoms with van der Waals surface area (Å²) in [5.74, 6) is -2.91. The van der Waals surface area contributed by atoms with Crippen LogP contribution in [0.2, 0.25) is 0 Å². The Morgan fingerprint density at radius 2 is 2.12 bits per heavy atom. The maximum absolute atomic E-state index is 13.3. The van der Waals surface area contributed by atoms with E-state index >= 15 is 0 Å². The quantitative estimate of drug-likeness (QED) is 0.525. The highest BCUT2D eigenvalue weighted by Crippen LogP contribution is 2.18. The molecule has 0 aliphatic heterocycles. The number of anilines is 1. The summed E-state index contributed by atoms with van der Waals surface area (Å²) in [7, 11) is 0. The summed E-state index contributed by atoms with van der Waals surface area (Å²) in [6, 6.07) is 1.98. The van der Waals surface area contributed by atoms with Gasteiger partial charge in [0.25, 0.3) is 5.91 Å². The first-order chi connectivity index (χ1) is 7.57. The fourth-order valence-corrected chi connectivity index (χ4v) is 1.15. The number of halogens is 2. The molecule has 0 heterocycles. The van der Waals surface area contributed by atoms with Crippen molar-refractivity contribution in [2.45, 2.75) is 6.42 Å². The minimum Gasteiger partial charge on any atom is -0.396 e. The van der Waals surface area contributed by atoms with E-state index in [2.05, 4.69) is 5.32 Å². The van der Waals surface area contributed by atoms with Gasteiger partial charge in [0.15, 0.2) is 5.82 Å². The number of rotatable bonds is 4. The summed E-state index contributed by atoms with van der Waals surface area (Å²) in [6.45, 7) is 0.0329. The standard InChI is InChI=1S/C10H12F2N2O2/c11-6-2-3-7(13)9(12)8(6)10(16)14-4-1-5-15/h2-3,15H,1,4-5,13H2,(H,14,16). The number of benzene rings is 1. The Kier molecular flexibility index (Phi) is 4.19. The van der Waals surface area contributed by atoms with Crippen molar-refractivity contribution in [2.24, 2.45) is 0 Å². The van der Waals surface area contributed by atoms with E-state index < -0.39 is 23.1 Å². The lowest BCUT2D eigenvalue weighted by Crippen LogP contribution is -2.27. The van der Waals surface area contributed by atoms with E-state index in [-0.39, 0.29) is 18.8 Å². The molecule has 1 amide bonds. The van der Waals surface area contributed by atoms with E-state index in [9.17, 15) is 13.6 Å². The molecule has 0 saturated carbocycles. The van der Waals surface area contributed by atoms with Crippen LogP contribution in [-0.4, -0.2) is 24.2 Å². The first-order valence-electron chi connectivity index (χ1n) is 4.70. The zero-order chi connectivity index (χ0) is 12.1. The predicted octanol–water partition coefficient (Wildman–Crippen LogP) is 0.659. The van der Waals surface area contributed by atoms with Gasteiger partial charge in [-0.2, -0.15) is 0 Å². The number of nitrogens with two attached hydrogens (primary N) is 1. The van der Waals surface area contributed by atoms with Gasteiger partial charge in [-0.3, -0.25) is 4.79 Å². The molecule has 4 N–H and O–H groups in total. The maximum atomic E-state index is 13.3. The summed E-state index contributed by atoms with van der Waals surface area (Å²) < 4.78 is 26.5. The number of hydrogen-bond donors (Lipinski definition) is 3. The fraction of sp³-hybridized carbons (Fsp3) is 0.300. The van der Waals surface area contributed by atoms with Gasteiger partial charge in [0.05, 0.1) is 5.69 Å². The van der Waals surface area contributed by atoms with Crippen molar-refractivity contribution in [3.8, 4) is 0 Å². The molecule has 16 heavy (non-hydrogen) atoms. The zero-order valence-electron chi connectivity index (χ0n) is 8.46. The van der Waals surface area contributed by atoms with E-state index in [1.54, 1.807) is 0 Å². The minimum atomic E-state index is -1.07. The zero-order valence-corrected chi connectivity index (χ0v) is 8.46. The van der Waals surface area contributed by atoms with E-state index in [4.69, 9.17) is 10.8 Å². The monoisotopic (exact) mass is 230 g/mol. The molecule has 1 rings (SSSR count). The highest BCUT2D eigenvalue weighted by atomic mass is 19.1. The number of carbonyl (C=O) groups excluding carboxylic acids is 1. The van der Waals surface area contributed by atoms with Crippen LogP contribution in [0.15, 0.2) is 12.1 Å². The Bertz CT molecular complexity index is 397. The molecular formula is C10H12F2N2O2. The Hall–Kier alpha value is -1.69. The Morgan fingerprint density at radius 3 is 2.75 bits per heavy atom. The van der Waals surface area contributed by atoms with Crippen molar-refractivity contribution >= 4 is 11.6 Å². The highest BCUT2D eigenvalue weighted by molar-refractivity contribution is 5.95. The average molecular weight is 230 g/mol. The molecule has 4 nitrogen and oxygen atoms in total. The number of carbonyl (C=O) groups is 1. The molecule has 6 heteroatoms. The largest absolute Gasteiger partial charge is 0.396 e. The van der Waals surface area contributed by atoms with Gasteiger partial charge in [0.1, 0.15) is 11.4 Å². The van der Waals surface area contributed by atoms with Crippen LogP contribution in [-0.2, 0) is 0 Å². The number of aliphatic hydroxyl groups excluding tert-OH is 1. The van der Waals surface area contributed by atoms with Gasteiger partial charge in [-0.05, 0) is 18.6 Å². The predicted molar refractivity (Wildman–Crippen MR) is 54.8 cm³/mol. The molecule has 0 spiro atoms. The van der Waals surface area contributed by atoms with Crippen molar-refractivity contribution in [3.05, 3.63) is 29.3 Å². The van der Waals surface area contributed by atoms with Gasteiger partial charge in [-0.15, -0.1) is 0 Å². The summed E-state index contributed by atoms with van der Waals surface area (Å²) in [5, 5.41) is 10.8. The third-order valence-electron chi connectivity index (χ3n) is 1.97. The number of hydrogen-bond acceptors (Lipinski definition) is 3. The normalized spacial score (nSPS) is 10.2. The molecule has 0 aromatic heterocycles. The second-order valence-corrected chi connectivity index (χ2v) is 3.16. The summed E-state index contributed by atoms with van der Waals surface area (Å²) in [5.41, 5.74) is 4.24. The van der Waals surface area contributed by atoms with E-state index in [0.717, 1.165) is 12.1 Å². The van der Waals surface area contributed by atoms with E-state index in [0.29, 0.717) is 6.42 Å². The topological polar surface area (TPSA) is 75.4 Å². The summed E-state index contributed by atoms with van der Waals surface area (Å²) in [6.07, 6.45) is 0.317. The van der Waals surface area contributed by atoms with Crippen LogP contribution < -0.4 is 11.1 Å². The molecule has 0 unspecified atom stereocenters. The van der Waals surface area contributed by atoms with Crippen LogP contribution in [0.5, 0.6) is 0 Å². The SMILES string of the molecule is Nc1ccc(F)c(C(=O)NCCCO)c1F. The van der Waals surface area contributed by atoms with Gasteiger partial charge in [0, 0.05) is 13.2 Å². The fourth-order valence-electron chi connectivity index (χ4n) is 1.15. The van der Waals surface area contributed by atoms with Gasteiger partial charge < -0.3 is 16.2 Å². The Labute approximate surface area is 91.1 Å². The first-order valence-corrected chi connectivity index (χ1v) is 4.70. The molecule has 0 bridgehead atoms. The van der Waals surface area contributed by atoms with Gasteiger partial charge in [0.2, 0.25) is 0 Å². The first kappa shape index (κ1) is 12.4. The van der Waals surface area contributed by atoms with E-state index in [1.807, 2.05) is 0 Å². The van der Waals surface area contributed by atoms with Crippen molar-refractivity contribution in [1.82, 2.24) is 5.32 Å². The van der Waals surface area contributed by atoms with Crippen LogP contribution >= 0.6 is 0 Å². The molecule has 0 aliphatic rings. The third kappa shape index (κ3) is 2.66. The lowest BCUT2D eigenvalue weighted by atomic mass is 10.1. The smallest absolute Gasteiger partial charge is 0.257 e. The molecule has 0 fully saturated rings. The van der Waals surface area contributed by atoms with Crippen LogP contribution in [0.1, 0.15) is 16.8 Å².